The van der Waals surface area contributed by atoms with Crippen molar-refractivity contribution in [1.29, 1.82) is 0 Å². The molecule has 2 amide bonds. The van der Waals surface area contributed by atoms with Gasteiger partial charge in [0.15, 0.2) is 0 Å². The van der Waals surface area contributed by atoms with E-state index in [1.807, 2.05) is 84.9 Å². The van der Waals surface area contributed by atoms with Crippen LogP contribution in [-0.4, -0.2) is 43.8 Å². The smallest absolute Gasteiger partial charge is 0.265 e. The number of hydrogen-bond donors (Lipinski definition) is 1. The number of carbonyl (C=O) groups excluding carboxylic acids is 2. The zero-order chi connectivity index (χ0) is 29.8. The SMILES string of the molecule is O=C(NC1CCCC1)[C@@H](Cc1ccccc1)N(Cc1ccccc1)C(=O)CCCN1c2cccc3cccc(c23)S1(=O)=O. The zero-order valence-electron chi connectivity index (χ0n) is 24.2. The standard InChI is InChI=1S/C35H37N3O4S/c39-33(22-11-23-38-30-20-9-16-28-17-10-21-32(34(28)30)43(38,41)42)37(25-27-14-5-2-6-15-27)31(24-26-12-3-1-4-13-26)35(40)36-29-18-7-8-19-29/h1-6,9-10,12-17,20-21,29,31H,7-8,11,18-19,22-25H2,(H,36,40)/t31-/m1/s1. The molecular formula is C35H37N3O4S. The average molecular weight is 596 g/mol. The fourth-order valence-corrected chi connectivity index (χ4v) is 8.17. The average Bonchev–Trinajstić information content (AvgIpc) is 3.61. The van der Waals surface area contributed by atoms with E-state index in [0.29, 0.717) is 30.0 Å². The fourth-order valence-electron chi connectivity index (χ4n) is 6.42. The third-order valence-corrected chi connectivity index (χ3v) is 10.5. The molecule has 0 bridgehead atoms. The maximum atomic E-state index is 14.0. The lowest BCUT2D eigenvalue weighted by atomic mass is 10.0. The lowest BCUT2D eigenvalue weighted by Gasteiger charge is -2.32. The van der Waals surface area contributed by atoms with Gasteiger partial charge in [0, 0.05) is 37.4 Å². The van der Waals surface area contributed by atoms with Crippen LogP contribution in [0.25, 0.3) is 10.8 Å². The Kier molecular flexibility index (Phi) is 8.47. The molecule has 1 atom stereocenters. The number of nitrogens with one attached hydrogen (secondary N) is 1. The summed E-state index contributed by atoms with van der Waals surface area (Å²) < 4.78 is 28.3. The van der Waals surface area contributed by atoms with Gasteiger partial charge in [-0.2, -0.15) is 0 Å². The Morgan fingerprint density at radius 1 is 0.837 bits per heavy atom. The van der Waals surface area contributed by atoms with E-state index >= 15 is 0 Å². The van der Waals surface area contributed by atoms with Gasteiger partial charge in [0.1, 0.15) is 6.04 Å². The molecule has 1 saturated carbocycles. The lowest BCUT2D eigenvalue weighted by Crippen LogP contribution is -2.52. The summed E-state index contributed by atoms with van der Waals surface area (Å²) in [7, 11) is -3.70. The lowest BCUT2D eigenvalue weighted by molar-refractivity contribution is -0.141. The summed E-state index contributed by atoms with van der Waals surface area (Å²) in [6.45, 7) is 0.473. The van der Waals surface area contributed by atoms with Gasteiger partial charge in [0.05, 0.1) is 10.6 Å². The molecule has 1 N–H and O–H groups in total. The molecule has 0 spiro atoms. The molecule has 1 aliphatic carbocycles. The summed E-state index contributed by atoms with van der Waals surface area (Å²) in [5, 5.41) is 4.84. The second kappa shape index (κ2) is 12.6. The van der Waals surface area contributed by atoms with Gasteiger partial charge in [0.2, 0.25) is 11.8 Å². The molecule has 6 rings (SSSR count). The van der Waals surface area contributed by atoms with Gasteiger partial charge in [-0.3, -0.25) is 13.9 Å². The van der Waals surface area contributed by atoms with Crippen molar-refractivity contribution in [3.05, 3.63) is 108 Å². The summed E-state index contributed by atoms with van der Waals surface area (Å²) in [6, 6.07) is 29.9. The zero-order valence-corrected chi connectivity index (χ0v) is 25.0. The number of amides is 2. The van der Waals surface area contributed by atoms with E-state index in [4.69, 9.17) is 0 Å². The van der Waals surface area contributed by atoms with Crippen molar-refractivity contribution in [1.82, 2.24) is 10.2 Å². The molecule has 1 aliphatic heterocycles. The van der Waals surface area contributed by atoms with Crippen LogP contribution in [0, 0.1) is 0 Å². The van der Waals surface area contributed by atoms with Crippen LogP contribution >= 0.6 is 0 Å². The topological polar surface area (TPSA) is 86.8 Å². The van der Waals surface area contributed by atoms with Gasteiger partial charge in [-0.15, -0.1) is 0 Å². The van der Waals surface area contributed by atoms with Crippen molar-refractivity contribution in [3.63, 3.8) is 0 Å². The Balaban J connectivity index is 1.24. The molecule has 0 aromatic heterocycles. The molecule has 2 aliphatic rings. The van der Waals surface area contributed by atoms with Crippen LogP contribution in [0.15, 0.2) is 102 Å². The molecule has 7 nitrogen and oxygen atoms in total. The number of hydrogen-bond acceptors (Lipinski definition) is 4. The van der Waals surface area contributed by atoms with E-state index in [2.05, 4.69) is 5.32 Å². The maximum Gasteiger partial charge on any atom is 0.265 e. The summed E-state index contributed by atoms with van der Waals surface area (Å²) in [5.41, 5.74) is 2.57. The number of anilines is 1. The molecular weight excluding hydrogens is 558 g/mol. The van der Waals surface area contributed by atoms with Crippen LogP contribution in [0.2, 0.25) is 0 Å². The molecule has 0 saturated heterocycles. The molecule has 4 aromatic rings. The first-order chi connectivity index (χ1) is 20.9. The Hall–Kier alpha value is -4.17. The van der Waals surface area contributed by atoms with Crippen LogP contribution in [0.3, 0.4) is 0 Å². The van der Waals surface area contributed by atoms with Gasteiger partial charge in [-0.1, -0.05) is 97.8 Å². The van der Waals surface area contributed by atoms with Gasteiger partial charge in [-0.25, -0.2) is 8.42 Å². The highest BCUT2D eigenvalue weighted by Gasteiger charge is 2.36. The molecule has 0 radical (unpaired) electrons. The molecule has 43 heavy (non-hydrogen) atoms. The third-order valence-electron chi connectivity index (χ3n) is 8.60. The molecule has 0 unspecified atom stereocenters. The third kappa shape index (κ3) is 6.15. The maximum absolute atomic E-state index is 14.0. The van der Waals surface area contributed by atoms with Crippen molar-refractivity contribution >= 4 is 38.3 Å². The van der Waals surface area contributed by atoms with Crippen LogP contribution in [0.5, 0.6) is 0 Å². The summed E-state index contributed by atoms with van der Waals surface area (Å²) in [5.74, 6) is -0.303. The second-order valence-corrected chi connectivity index (χ2v) is 13.3. The summed E-state index contributed by atoms with van der Waals surface area (Å²) in [4.78, 5) is 29.9. The quantitative estimate of drug-likeness (QED) is 0.237. The molecule has 4 aromatic carbocycles. The van der Waals surface area contributed by atoms with E-state index in [1.165, 1.54) is 4.31 Å². The minimum absolute atomic E-state index is 0.118. The van der Waals surface area contributed by atoms with Crippen molar-refractivity contribution in [2.75, 3.05) is 10.8 Å². The molecule has 222 valence electrons. The highest BCUT2D eigenvalue weighted by Crippen LogP contribution is 2.42. The second-order valence-electron chi connectivity index (χ2n) is 11.5. The predicted octanol–water partition coefficient (Wildman–Crippen LogP) is 5.83. The Labute approximate surface area is 253 Å². The largest absolute Gasteiger partial charge is 0.352 e. The van der Waals surface area contributed by atoms with Crippen molar-refractivity contribution in [3.8, 4) is 0 Å². The Morgan fingerprint density at radius 3 is 2.19 bits per heavy atom. The first kappa shape index (κ1) is 28.9. The van der Waals surface area contributed by atoms with Crippen LogP contribution in [-0.2, 0) is 32.6 Å². The summed E-state index contributed by atoms with van der Waals surface area (Å²) in [6.07, 6.45) is 4.95. The minimum Gasteiger partial charge on any atom is -0.352 e. The summed E-state index contributed by atoms with van der Waals surface area (Å²) >= 11 is 0. The van der Waals surface area contributed by atoms with Gasteiger partial charge < -0.3 is 10.2 Å². The normalized spacial score (nSPS) is 16.3. The van der Waals surface area contributed by atoms with E-state index in [9.17, 15) is 18.0 Å². The van der Waals surface area contributed by atoms with Gasteiger partial charge in [-0.05, 0) is 47.9 Å². The van der Waals surface area contributed by atoms with E-state index in [1.54, 1.807) is 17.0 Å². The Bertz CT molecular complexity index is 1700. The van der Waals surface area contributed by atoms with Gasteiger partial charge >= 0.3 is 0 Å². The van der Waals surface area contributed by atoms with E-state index < -0.39 is 16.1 Å². The van der Waals surface area contributed by atoms with Gasteiger partial charge in [0.25, 0.3) is 10.0 Å². The van der Waals surface area contributed by atoms with Crippen molar-refractivity contribution in [2.45, 2.75) is 68.5 Å². The van der Waals surface area contributed by atoms with Crippen molar-refractivity contribution in [2.24, 2.45) is 0 Å². The van der Waals surface area contributed by atoms with Crippen LogP contribution in [0.1, 0.15) is 49.7 Å². The number of sulfonamides is 1. The monoisotopic (exact) mass is 595 g/mol. The fraction of sp³-hybridized carbons (Fsp3) is 0.314. The predicted molar refractivity (Wildman–Crippen MR) is 169 cm³/mol. The molecule has 1 heterocycles. The number of rotatable bonds is 11. The molecule has 8 heteroatoms. The molecule has 1 fully saturated rings. The number of benzene rings is 4. The first-order valence-electron chi connectivity index (χ1n) is 15.1. The van der Waals surface area contributed by atoms with E-state index in [-0.39, 0.29) is 30.8 Å². The highest BCUT2D eigenvalue weighted by atomic mass is 32.2. The number of nitrogens with zero attached hydrogens (tertiary/aromatic N) is 2. The minimum atomic E-state index is -3.70. The number of carbonyl (C=O) groups is 2. The van der Waals surface area contributed by atoms with Crippen LogP contribution in [0.4, 0.5) is 5.69 Å². The van der Waals surface area contributed by atoms with Crippen LogP contribution < -0.4 is 9.62 Å². The first-order valence-corrected chi connectivity index (χ1v) is 16.6. The van der Waals surface area contributed by atoms with Crippen molar-refractivity contribution < 1.29 is 18.0 Å². The van der Waals surface area contributed by atoms with E-state index in [0.717, 1.165) is 47.6 Å². The Morgan fingerprint density at radius 2 is 1.49 bits per heavy atom. The highest BCUT2D eigenvalue weighted by molar-refractivity contribution is 7.93.